The highest BCUT2D eigenvalue weighted by Gasteiger charge is 2.45. The minimum atomic E-state index is -2.01. The highest BCUT2D eigenvalue weighted by Crippen LogP contribution is 2.59. The Balaban J connectivity index is 0.00000304. The molecule has 180 valence electrons. The molecule has 0 aromatic heterocycles. The number of ether oxygens (including phenoxy) is 1. The monoisotopic (exact) mass is 572 g/mol. The van der Waals surface area contributed by atoms with Crippen LogP contribution in [0.25, 0.3) is 0 Å². The minimum absolute atomic E-state index is 0. The third-order valence-electron chi connectivity index (χ3n) is 6.31. The molecule has 0 N–H and O–H groups in total. The summed E-state index contributed by atoms with van der Waals surface area (Å²) < 4.78 is 6.39. The van der Waals surface area contributed by atoms with Gasteiger partial charge < -0.3 is 21.7 Å². The first-order valence-corrected chi connectivity index (χ1v) is 14.1. The van der Waals surface area contributed by atoms with Gasteiger partial charge in [-0.2, -0.15) is 0 Å². The highest BCUT2D eigenvalue weighted by atomic mass is 79.9. The van der Waals surface area contributed by atoms with Gasteiger partial charge in [-0.1, -0.05) is 103 Å². The number of para-hydroxylation sites is 1. The van der Waals surface area contributed by atoms with Gasteiger partial charge in [0.25, 0.3) is 0 Å². The van der Waals surface area contributed by atoms with E-state index in [1.807, 2.05) is 30.3 Å². The van der Waals surface area contributed by atoms with E-state index in [0.29, 0.717) is 6.61 Å². The minimum Gasteiger partial charge on any atom is -1.00 e. The molecule has 0 spiro atoms. The Bertz CT molecular complexity index is 1280. The van der Waals surface area contributed by atoms with Crippen molar-refractivity contribution >= 4 is 34.8 Å². The lowest BCUT2D eigenvalue weighted by atomic mass is 10.2. The quantitative estimate of drug-likeness (QED) is 0.250. The molecule has 0 saturated heterocycles. The molecule has 0 fully saturated rings. The van der Waals surface area contributed by atoms with Gasteiger partial charge in [-0.25, -0.2) is 0 Å². The van der Waals surface area contributed by atoms with Crippen molar-refractivity contribution in [3.8, 4) is 5.75 Å². The van der Waals surface area contributed by atoms with Gasteiger partial charge in [0.15, 0.2) is 0 Å². The zero-order valence-corrected chi connectivity index (χ0v) is 23.0. The molecule has 0 amide bonds. The van der Waals surface area contributed by atoms with Crippen molar-refractivity contribution in [2.24, 2.45) is 0 Å². The fourth-order valence-corrected chi connectivity index (χ4v) is 9.02. The smallest absolute Gasteiger partial charge is 0.126 e. The SMILES string of the molecule is Clc1ccccc1COc1ccccc1C[P+](c1ccccc1)(c1ccccc1)c1ccccc1.[Br-]. The summed E-state index contributed by atoms with van der Waals surface area (Å²) in [6, 6.07) is 49.1. The van der Waals surface area contributed by atoms with Gasteiger partial charge in [0.2, 0.25) is 0 Å². The Labute approximate surface area is 229 Å². The lowest BCUT2D eigenvalue weighted by Crippen LogP contribution is -3.00. The van der Waals surface area contributed by atoms with E-state index in [4.69, 9.17) is 16.3 Å². The number of benzene rings is 5. The van der Waals surface area contributed by atoms with Crippen LogP contribution in [0.15, 0.2) is 140 Å². The van der Waals surface area contributed by atoms with Gasteiger partial charge in [-0.15, -0.1) is 0 Å². The first-order valence-electron chi connectivity index (χ1n) is 11.8. The van der Waals surface area contributed by atoms with Crippen molar-refractivity contribution in [3.05, 3.63) is 156 Å². The first-order chi connectivity index (χ1) is 17.3. The lowest BCUT2D eigenvalue weighted by molar-refractivity contribution is -0.00000702. The van der Waals surface area contributed by atoms with Crippen LogP contribution in [0.5, 0.6) is 5.75 Å². The van der Waals surface area contributed by atoms with Crippen molar-refractivity contribution in [2.45, 2.75) is 12.8 Å². The molecule has 5 rings (SSSR count). The number of rotatable bonds is 8. The average Bonchev–Trinajstić information content (AvgIpc) is 2.93. The van der Waals surface area contributed by atoms with E-state index in [1.165, 1.54) is 21.5 Å². The maximum Gasteiger partial charge on any atom is 0.126 e. The second-order valence-electron chi connectivity index (χ2n) is 8.46. The van der Waals surface area contributed by atoms with Crippen LogP contribution in [0.3, 0.4) is 0 Å². The molecule has 0 aliphatic heterocycles. The molecule has 0 aliphatic rings. The summed E-state index contributed by atoms with van der Waals surface area (Å²) in [6.45, 7) is 0.435. The number of hydrogen-bond acceptors (Lipinski definition) is 1. The zero-order chi connectivity index (χ0) is 23.9. The average molecular weight is 574 g/mol. The topological polar surface area (TPSA) is 9.23 Å². The Morgan fingerprint density at radius 3 is 1.42 bits per heavy atom. The van der Waals surface area contributed by atoms with Gasteiger partial charge in [0.05, 0.1) is 0 Å². The van der Waals surface area contributed by atoms with Crippen LogP contribution in [-0.2, 0) is 12.8 Å². The Morgan fingerprint density at radius 2 is 0.917 bits per heavy atom. The van der Waals surface area contributed by atoms with Crippen molar-refractivity contribution in [3.63, 3.8) is 0 Å². The summed E-state index contributed by atoms with van der Waals surface area (Å²) in [4.78, 5) is 0. The van der Waals surface area contributed by atoms with Crippen LogP contribution < -0.4 is 37.6 Å². The van der Waals surface area contributed by atoms with E-state index >= 15 is 0 Å². The second-order valence-corrected chi connectivity index (χ2v) is 12.4. The van der Waals surface area contributed by atoms with Gasteiger partial charge in [0, 0.05) is 16.1 Å². The summed E-state index contributed by atoms with van der Waals surface area (Å²) in [5.74, 6) is 0.902. The van der Waals surface area contributed by atoms with Crippen molar-refractivity contribution in [1.29, 1.82) is 0 Å². The molecule has 1 nitrogen and oxygen atoms in total. The standard InChI is InChI=1S/C32H27ClOP.BrH/c33-31-22-12-10-14-26(31)24-34-32-23-13-11-15-27(32)25-35(28-16-4-1-5-17-28,29-18-6-2-7-19-29)30-20-8-3-9-21-30;/h1-23H,24-25H2;1H/q+1;/p-1. The van der Waals surface area contributed by atoms with E-state index in [0.717, 1.165) is 22.5 Å². The van der Waals surface area contributed by atoms with E-state index in [2.05, 4.69) is 109 Å². The maximum atomic E-state index is 6.40. The van der Waals surface area contributed by atoms with Crippen molar-refractivity contribution in [1.82, 2.24) is 0 Å². The lowest BCUT2D eigenvalue weighted by Gasteiger charge is -2.28. The third kappa shape index (κ3) is 5.57. The van der Waals surface area contributed by atoms with Crippen LogP contribution in [-0.4, -0.2) is 0 Å². The molecular formula is C32H27BrClOP. The van der Waals surface area contributed by atoms with Crippen LogP contribution in [0.2, 0.25) is 5.02 Å². The maximum absolute atomic E-state index is 6.40. The molecule has 0 radical (unpaired) electrons. The number of hydrogen-bond donors (Lipinski definition) is 0. The largest absolute Gasteiger partial charge is 1.00 e. The predicted molar refractivity (Wildman–Crippen MR) is 151 cm³/mol. The fourth-order valence-electron chi connectivity index (χ4n) is 4.57. The van der Waals surface area contributed by atoms with Crippen LogP contribution in [0.4, 0.5) is 0 Å². The molecule has 0 aliphatic carbocycles. The van der Waals surface area contributed by atoms with E-state index < -0.39 is 7.26 Å². The number of halogens is 2. The van der Waals surface area contributed by atoms with Gasteiger partial charge >= 0.3 is 0 Å². The van der Waals surface area contributed by atoms with E-state index in [1.54, 1.807) is 0 Å². The molecule has 5 aromatic carbocycles. The van der Waals surface area contributed by atoms with Crippen molar-refractivity contribution < 1.29 is 21.7 Å². The summed E-state index contributed by atoms with van der Waals surface area (Å²) in [7, 11) is -2.01. The van der Waals surface area contributed by atoms with Crippen molar-refractivity contribution in [2.75, 3.05) is 0 Å². The molecule has 0 bridgehead atoms. The molecule has 0 atom stereocenters. The normalized spacial score (nSPS) is 10.9. The molecule has 36 heavy (non-hydrogen) atoms. The third-order valence-corrected chi connectivity index (χ3v) is 11.0. The van der Waals surface area contributed by atoms with Crippen LogP contribution in [0, 0.1) is 0 Å². The summed E-state index contributed by atoms with van der Waals surface area (Å²) in [5, 5.41) is 4.81. The zero-order valence-electron chi connectivity index (χ0n) is 19.8. The molecule has 0 saturated carbocycles. The molecular weight excluding hydrogens is 547 g/mol. The van der Waals surface area contributed by atoms with E-state index in [9.17, 15) is 0 Å². The van der Waals surface area contributed by atoms with Gasteiger partial charge in [-0.05, 0) is 48.5 Å². The van der Waals surface area contributed by atoms with Gasteiger partial charge in [0.1, 0.15) is 41.7 Å². The predicted octanol–water partition coefficient (Wildman–Crippen LogP) is 4.42. The van der Waals surface area contributed by atoms with E-state index in [-0.39, 0.29) is 17.0 Å². The van der Waals surface area contributed by atoms with Gasteiger partial charge in [-0.3, -0.25) is 0 Å². The molecule has 5 aromatic rings. The Morgan fingerprint density at radius 1 is 0.500 bits per heavy atom. The molecule has 4 heteroatoms. The first kappa shape index (κ1) is 26.2. The summed E-state index contributed by atoms with van der Waals surface area (Å²) >= 11 is 6.40. The Kier molecular flexibility index (Phi) is 8.99. The summed E-state index contributed by atoms with van der Waals surface area (Å²) in [5.41, 5.74) is 2.18. The molecule has 0 heterocycles. The fraction of sp³-hybridized carbons (Fsp3) is 0.0625. The van der Waals surface area contributed by atoms with Crippen LogP contribution >= 0.6 is 18.9 Å². The molecule has 0 unspecified atom stereocenters. The second kappa shape index (κ2) is 12.4. The Hall–Kier alpha value is -2.90. The summed E-state index contributed by atoms with van der Waals surface area (Å²) in [6.07, 6.45) is 0.865. The highest BCUT2D eigenvalue weighted by molar-refractivity contribution is 7.95. The van der Waals surface area contributed by atoms with Crippen LogP contribution in [0.1, 0.15) is 11.1 Å².